The zero-order valence-electron chi connectivity index (χ0n) is 10.7. The minimum atomic E-state index is -0.578. The topological polar surface area (TPSA) is 75.3 Å². The third-order valence-electron chi connectivity index (χ3n) is 3.29. The molecule has 0 aliphatic heterocycles. The summed E-state index contributed by atoms with van der Waals surface area (Å²) in [4.78, 5) is 12.1. The molecular weight excluding hydrogens is 252 g/mol. The SMILES string of the molecule is CCC(CC)(CO)NC(=O)c1ccc(Cl)c(N)c1. The van der Waals surface area contributed by atoms with Crippen LogP contribution in [0.1, 0.15) is 37.0 Å². The van der Waals surface area contributed by atoms with E-state index in [0.29, 0.717) is 29.1 Å². The van der Waals surface area contributed by atoms with Crippen molar-refractivity contribution in [2.24, 2.45) is 0 Å². The van der Waals surface area contributed by atoms with Gasteiger partial charge in [-0.05, 0) is 31.0 Å². The summed E-state index contributed by atoms with van der Waals surface area (Å²) in [7, 11) is 0. The number of aliphatic hydroxyl groups excluding tert-OH is 1. The molecule has 4 N–H and O–H groups in total. The van der Waals surface area contributed by atoms with Crippen LogP contribution >= 0.6 is 11.6 Å². The molecule has 0 unspecified atom stereocenters. The molecule has 1 aromatic carbocycles. The molecule has 0 atom stereocenters. The molecule has 0 heterocycles. The van der Waals surface area contributed by atoms with E-state index in [-0.39, 0.29) is 12.5 Å². The highest BCUT2D eigenvalue weighted by molar-refractivity contribution is 6.33. The van der Waals surface area contributed by atoms with Crippen molar-refractivity contribution in [3.05, 3.63) is 28.8 Å². The van der Waals surface area contributed by atoms with E-state index in [2.05, 4.69) is 5.32 Å². The number of hydrogen-bond acceptors (Lipinski definition) is 3. The molecule has 0 aliphatic carbocycles. The van der Waals surface area contributed by atoms with Gasteiger partial charge >= 0.3 is 0 Å². The molecule has 0 saturated carbocycles. The first-order chi connectivity index (χ1) is 8.48. The molecular formula is C13H19ClN2O2. The van der Waals surface area contributed by atoms with Gasteiger partial charge in [0.1, 0.15) is 0 Å². The summed E-state index contributed by atoms with van der Waals surface area (Å²) in [6, 6.07) is 4.73. The molecule has 0 radical (unpaired) electrons. The van der Waals surface area contributed by atoms with Gasteiger partial charge in [0.25, 0.3) is 5.91 Å². The van der Waals surface area contributed by atoms with Crippen LogP contribution in [0.25, 0.3) is 0 Å². The predicted molar refractivity (Wildman–Crippen MR) is 73.7 cm³/mol. The minimum Gasteiger partial charge on any atom is -0.398 e. The average molecular weight is 271 g/mol. The van der Waals surface area contributed by atoms with Crippen LogP contribution in [0.4, 0.5) is 5.69 Å². The Bertz CT molecular complexity index is 423. The van der Waals surface area contributed by atoms with Crippen molar-refractivity contribution in [1.82, 2.24) is 5.32 Å². The van der Waals surface area contributed by atoms with E-state index in [1.165, 1.54) is 6.07 Å². The fourth-order valence-electron chi connectivity index (χ4n) is 1.69. The van der Waals surface area contributed by atoms with Crippen molar-refractivity contribution >= 4 is 23.2 Å². The summed E-state index contributed by atoms with van der Waals surface area (Å²) in [5, 5.41) is 12.7. The highest BCUT2D eigenvalue weighted by Crippen LogP contribution is 2.21. The normalized spacial score (nSPS) is 11.3. The number of nitrogen functional groups attached to an aromatic ring is 1. The molecule has 0 aliphatic rings. The fourth-order valence-corrected chi connectivity index (χ4v) is 1.81. The molecule has 0 fully saturated rings. The number of halogens is 1. The Kier molecular flexibility index (Phi) is 4.99. The van der Waals surface area contributed by atoms with E-state index in [4.69, 9.17) is 17.3 Å². The first-order valence-electron chi connectivity index (χ1n) is 5.96. The summed E-state index contributed by atoms with van der Waals surface area (Å²) in [5.74, 6) is -0.254. The summed E-state index contributed by atoms with van der Waals surface area (Å²) < 4.78 is 0. The van der Waals surface area contributed by atoms with Gasteiger partial charge in [-0.2, -0.15) is 0 Å². The second-order valence-electron chi connectivity index (χ2n) is 4.34. The predicted octanol–water partition coefficient (Wildman–Crippen LogP) is 2.20. The number of amides is 1. The van der Waals surface area contributed by atoms with Gasteiger partial charge in [-0.1, -0.05) is 25.4 Å². The lowest BCUT2D eigenvalue weighted by Gasteiger charge is -2.30. The van der Waals surface area contributed by atoms with E-state index in [1.807, 2.05) is 13.8 Å². The van der Waals surface area contributed by atoms with Gasteiger partial charge in [0.2, 0.25) is 0 Å². The molecule has 0 spiro atoms. The van der Waals surface area contributed by atoms with Gasteiger partial charge < -0.3 is 16.2 Å². The van der Waals surface area contributed by atoms with Gasteiger partial charge in [-0.25, -0.2) is 0 Å². The van der Waals surface area contributed by atoms with E-state index in [1.54, 1.807) is 12.1 Å². The molecule has 100 valence electrons. The van der Waals surface area contributed by atoms with Crippen LogP contribution < -0.4 is 11.1 Å². The van der Waals surface area contributed by atoms with Crippen LogP contribution in [-0.4, -0.2) is 23.2 Å². The van der Waals surface area contributed by atoms with Crippen molar-refractivity contribution in [3.63, 3.8) is 0 Å². The van der Waals surface area contributed by atoms with Gasteiger partial charge in [-0.15, -0.1) is 0 Å². The van der Waals surface area contributed by atoms with Crippen molar-refractivity contribution in [2.45, 2.75) is 32.2 Å². The zero-order chi connectivity index (χ0) is 13.8. The van der Waals surface area contributed by atoms with Gasteiger partial charge in [0, 0.05) is 5.56 Å². The van der Waals surface area contributed by atoms with Crippen LogP contribution in [-0.2, 0) is 0 Å². The maximum absolute atomic E-state index is 12.1. The first-order valence-corrected chi connectivity index (χ1v) is 6.34. The third kappa shape index (κ3) is 3.15. The molecule has 18 heavy (non-hydrogen) atoms. The monoisotopic (exact) mass is 270 g/mol. The number of nitrogens with one attached hydrogen (secondary N) is 1. The van der Waals surface area contributed by atoms with Crippen molar-refractivity contribution in [3.8, 4) is 0 Å². The molecule has 0 bridgehead atoms. The maximum atomic E-state index is 12.1. The Balaban J connectivity index is 2.90. The van der Waals surface area contributed by atoms with Gasteiger partial charge in [0.15, 0.2) is 0 Å². The molecule has 4 nitrogen and oxygen atoms in total. The maximum Gasteiger partial charge on any atom is 0.251 e. The van der Waals surface area contributed by atoms with Crippen molar-refractivity contribution < 1.29 is 9.90 Å². The molecule has 1 rings (SSSR count). The van der Waals surface area contributed by atoms with Crippen molar-refractivity contribution in [2.75, 3.05) is 12.3 Å². The number of carbonyl (C=O) groups excluding carboxylic acids is 1. The number of carbonyl (C=O) groups is 1. The lowest BCUT2D eigenvalue weighted by atomic mass is 9.93. The quantitative estimate of drug-likeness (QED) is 0.718. The average Bonchev–Trinajstić information content (AvgIpc) is 2.39. The number of hydrogen-bond donors (Lipinski definition) is 3. The zero-order valence-corrected chi connectivity index (χ0v) is 11.4. The Morgan fingerprint density at radius 3 is 2.50 bits per heavy atom. The number of nitrogens with two attached hydrogens (primary N) is 1. The van der Waals surface area contributed by atoms with Crippen LogP contribution in [0.3, 0.4) is 0 Å². The lowest BCUT2D eigenvalue weighted by molar-refractivity contribution is 0.0818. The van der Waals surface area contributed by atoms with Crippen LogP contribution in [0.2, 0.25) is 5.02 Å². The van der Waals surface area contributed by atoms with E-state index < -0.39 is 5.54 Å². The van der Waals surface area contributed by atoms with Crippen LogP contribution in [0.15, 0.2) is 18.2 Å². The number of benzene rings is 1. The molecule has 1 amide bonds. The smallest absolute Gasteiger partial charge is 0.251 e. The second-order valence-corrected chi connectivity index (χ2v) is 4.74. The third-order valence-corrected chi connectivity index (χ3v) is 3.64. The van der Waals surface area contributed by atoms with E-state index in [9.17, 15) is 9.90 Å². The highest BCUT2D eigenvalue weighted by Gasteiger charge is 2.27. The first kappa shape index (κ1) is 14.8. The Morgan fingerprint density at radius 2 is 2.06 bits per heavy atom. The second kappa shape index (κ2) is 6.07. The molecule has 0 saturated heterocycles. The number of anilines is 1. The van der Waals surface area contributed by atoms with Crippen molar-refractivity contribution in [1.29, 1.82) is 0 Å². The minimum absolute atomic E-state index is 0.0885. The molecule has 5 heteroatoms. The Morgan fingerprint density at radius 1 is 1.44 bits per heavy atom. The fraction of sp³-hybridized carbons (Fsp3) is 0.462. The summed E-state index contributed by atoms with van der Waals surface area (Å²) in [6.45, 7) is 3.77. The largest absolute Gasteiger partial charge is 0.398 e. The molecule has 1 aromatic rings. The van der Waals surface area contributed by atoms with Gasteiger partial charge in [-0.3, -0.25) is 4.79 Å². The summed E-state index contributed by atoms with van der Waals surface area (Å²) >= 11 is 5.80. The number of rotatable bonds is 5. The summed E-state index contributed by atoms with van der Waals surface area (Å²) in [5.41, 5.74) is 5.89. The standard InChI is InChI=1S/C13H19ClN2O2/c1-3-13(4-2,8-17)16-12(18)9-5-6-10(14)11(15)7-9/h5-7,17H,3-4,8,15H2,1-2H3,(H,16,18). The summed E-state index contributed by atoms with van der Waals surface area (Å²) in [6.07, 6.45) is 1.32. The Hall–Kier alpha value is -1.26. The highest BCUT2D eigenvalue weighted by atomic mass is 35.5. The Labute approximate surface area is 112 Å². The van der Waals surface area contributed by atoms with Crippen LogP contribution in [0.5, 0.6) is 0 Å². The van der Waals surface area contributed by atoms with Gasteiger partial charge in [0.05, 0.1) is 22.9 Å². The lowest BCUT2D eigenvalue weighted by Crippen LogP contribution is -2.50. The van der Waals surface area contributed by atoms with Crippen LogP contribution in [0, 0.1) is 0 Å². The van der Waals surface area contributed by atoms with E-state index >= 15 is 0 Å². The van der Waals surface area contributed by atoms with E-state index in [0.717, 1.165) is 0 Å². The molecule has 0 aromatic heterocycles. The number of aliphatic hydroxyl groups is 1.